The van der Waals surface area contributed by atoms with E-state index in [9.17, 15) is 15.4 Å². The Bertz CT molecular complexity index is 610. The van der Waals surface area contributed by atoms with Crippen molar-refractivity contribution in [1.82, 2.24) is 5.32 Å². The van der Waals surface area contributed by atoms with Crippen LogP contribution in [0.15, 0.2) is 16.6 Å². The molecule has 1 aliphatic carbocycles. The second-order valence-corrected chi connectivity index (χ2v) is 6.14. The van der Waals surface area contributed by atoms with Crippen LogP contribution in [-0.4, -0.2) is 24.1 Å². The van der Waals surface area contributed by atoms with Crippen molar-refractivity contribution in [2.24, 2.45) is 5.92 Å². The average molecular weight is 354 g/mol. The lowest BCUT2D eigenvalue weighted by Gasteiger charge is -2.26. The van der Waals surface area contributed by atoms with Gasteiger partial charge in [0.1, 0.15) is 12.1 Å². The predicted octanol–water partition coefficient (Wildman–Crippen LogP) is 2.94. The van der Waals surface area contributed by atoms with E-state index in [1.807, 2.05) is 0 Å². The number of benzene rings is 1. The van der Waals surface area contributed by atoms with Gasteiger partial charge in [0.2, 0.25) is 0 Å². The van der Waals surface area contributed by atoms with E-state index in [4.69, 9.17) is 4.74 Å². The van der Waals surface area contributed by atoms with Crippen LogP contribution in [-0.2, 0) is 0 Å². The fraction of sp³-hybridized carbons (Fsp3) is 0.500. The molecule has 0 spiro atoms. The normalized spacial score (nSPS) is 16.9. The van der Waals surface area contributed by atoms with E-state index in [0.29, 0.717) is 10.0 Å². The van der Waals surface area contributed by atoms with E-state index in [1.165, 1.54) is 6.07 Å². The molecule has 1 aliphatic rings. The molecule has 1 atom stereocenters. The van der Waals surface area contributed by atoms with Crippen molar-refractivity contribution in [2.45, 2.75) is 25.3 Å². The number of likely N-dealkylation sites (N-methyl/N-ethyl adjacent to an activating group) is 1. The number of nitro benzene ring substituents is 1. The van der Waals surface area contributed by atoms with Gasteiger partial charge in [0, 0.05) is 10.5 Å². The first-order valence-electron chi connectivity index (χ1n) is 6.61. The lowest BCUT2D eigenvalue weighted by molar-refractivity contribution is -0.386. The summed E-state index contributed by atoms with van der Waals surface area (Å²) in [5.74, 6) is 0.459. The van der Waals surface area contributed by atoms with Crippen LogP contribution in [0.25, 0.3) is 0 Å². The third-order valence-electron chi connectivity index (χ3n) is 3.78. The molecule has 0 aromatic heterocycles. The summed E-state index contributed by atoms with van der Waals surface area (Å²) in [7, 11) is 1.72. The van der Waals surface area contributed by atoms with Crippen LogP contribution in [0.4, 0.5) is 5.69 Å². The molecule has 1 aromatic carbocycles. The second kappa shape index (κ2) is 6.00. The average Bonchev–Trinajstić information content (AvgIpc) is 3.26. The first kappa shape index (κ1) is 15.7. The van der Waals surface area contributed by atoms with E-state index in [1.54, 1.807) is 20.0 Å². The van der Waals surface area contributed by atoms with Crippen molar-refractivity contribution in [1.29, 1.82) is 5.26 Å². The summed E-state index contributed by atoms with van der Waals surface area (Å²) in [5.41, 5.74) is -0.219. The molecule has 1 N–H and O–H groups in total. The highest BCUT2D eigenvalue weighted by molar-refractivity contribution is 9.10. The monoisotopic (exact) mass is 353 g/mol. The van der Waals surface area contributed by atoms with Crippen LogP contribution >= 0.6 is 15.9 Å². The van der Waals surface area contributed by atoms with Crippen LogP contribution in [0.1, 0.15) is 18.4 Å². The minimum atomic E-state index is -0.784. The molecule has 1 unspecified atom stereocenters. The van der Waals surface area contributed by atoms with Gasteiger partial charge in [-0.15, -0.1) is 0 Å². The van der Waals surface area contributed by atoms with Gasteiger partial charge in [-0.3, -0.25) is 15.4 Å². The second-order valence-electron chi connectivity index (χ2n) is 5.22. The number of ether oxygens (including phenoxy) is 1. The fourth-order valence-electron chi connectivity index (χ4n) is 2.37. The Morgan fingerprint density at radius 1 is 1.62 bits per heavy atom. The van der Waals surface area contributed by atoms with Gasteiger partial charge in [-0.1, -0.05) is 15.9 Å². The molecule has 7 heteroatoms. The Balaban J connectivity index is 2.27. The number of nitrogens with one attached hydrogen (secondary N) is 1. The van der Waals surface area contributed by atoms with Gasteiger partial charge in [-0.05, 0) is 44.4 Å². The smallest absolute Gasteiger partial charge is 0.312 e. The van der Waals surface area contributed by atoms with Crippen molar-refractivity contribution < 1.29 is 9.66 Å². The van der Waals surface area contributed by atoms with Crippen molar-refractivity contribution >= 4 is 21.6 Å². The predicted molar refractivity (Wildman–Crippen MR) is 81.2 cm³/mol. The zero-order chi connectivity index (χ0) is 15.6. The molecular formula is C14H16BrN3O3. The quantitative estimate of drug-likeness (QED) is 0.627. The van der Waals surface area contributed by atoms with Gasteiger partial charge < -0.3 is 4.74 Å². The summed E-state index contributed by atoms with van der Waals surface area (Å²) < 4.78 is 6.31. The van der Waals surface area contributed by atoms with Crippen molar-refractivity contribution in [2.75, 3.05) is 13.7 Å². The Labute approximate surface area is 131 Å². The van der Waals surface area contributed by atoms with E-state index >= 15 is 0 Å². The van der Waals surface area contributed by atoms with Crippen LogP contribution in [0.3, 0.4) is 0 Å². The Kier molecular flexibility index (Phi) is 4.49. The summed E-state index contributed by atoms with van der Waals surface area (Å²) in [5, 5.41) is 23.6. The first-order valence-corrected chi connectivity index (χ1v) is 7.40. The first-order chi connectivity index (χ1) is 9.93. The third kappa shape index (κ3) is 3.17. The van der Waals surface area contributed by atoms with Crippen LogP contribution < -0.4 is 10.1 Å². The maximum atomic E-state index is 11.2. The molecule has 1 saturated carbocycles. The lowest BCUT2D eigenvalue weighted by Crippen LogP contribution is -2.49. The number of halogens is 1. The van der Waals surface area contributed by atoms with E-state index in [-0.39, 0.29) is 24.0 Å². The Morgan fingerprint density at radius 3 is 2.76 bits per heavy atom. The molecule has 0 aliphatic heterocycles. The largest absolute Gasteiger partial charge is 0.483 e. The van der Waals surface area contributed by atoms with Gasteiger partial charge in [0.25, 0.3) is 0 Å². The summed E-state index contributed by atoms with van der Waals surface area (Å²) >= 11 is 3.24. The van der Waals surface area contributed by atoms with Crippen molar-refractivity contribution in [3.63, 3.8) is 0 Å². The van der Waals surface area contributed by atoms with Crippen molar-refractivity contribution in [3.8, 4) is 11.8 Å². The van der Waals surface area contributed by atoms with Crippen LogP contribution in [0, 0.1) is 34.3 Å². The highest BCUT2D eigenvalue weighted by Crippen LogP contribution is 2.41. The fourth-order valence-corrected chi connectivity index (χ4v) is 2.93. The van der Waals surface area contributed by atoms with Gasteiger partial charge in [0.15, 0.2) is 5.75 Å². The molecule has 0 saturated heterocycles. The number of hydrogen-bond donors (Lipinski definition) is 1. The van der Waals surface area contributed by atoms with Crippen molar-refractivity contribution in [3.05, 3.63) is 32.3 Å². The minimum Gasteiger partial charge on any atom is -0.483 e. The topological polar surface area (TPSA) is 88.2 Å². The summed E-state index contributed by atoms with van der Waals surface area (Å²) in [6.45, 7) is 1.84. The number of nitrogens with zero attached hydrogens (tertiary/aromatic N) is 2. The molecule has 21 heavy (non-hydrogen) atoms. The summed E-state index contributed by atoms with van der Waals surface area (Å²) in [6.07, 6.45) is 1.94. The molecule has 0 heterocycles. The number of aryl methyl sites for hydroxylation is 1. The molecule has 2 rings (SSSR count). The molecular weight excluding hydrogens is 338 g/mol. The maximum Gasteiger partial charge on any atom is 0.312 e. The highest BCUT2D eigenvalue weighted by atomic mass is 79.9. The molecule has 0 amide bonds. The number of nitro groups is 1. The zero-order valence-corrected chi connectivity index (χ0v) is 13.4. The highest BCUT2D eigenvalue weighted by Gasteiger charge is 2.46. The Morgan fingerprint density at radius 2 is 2.29 bits per heavy atom. The molecule has 1 aromatic rings. The zero-order valence-electron chi connectivity index (χ0n) is 11.9. The van der Waals surface area contributed by atoms with Crippen LogP contribution in [0.5, 0.6) is 5.75 Å². The number of nitriles is 1. The Hall–Kier alpha value is -1.65. The number of rotatable bonds is 6. The molecule has 6 nitrogen and oxygen atoms in total. The minimum absolute atomic E-state index is 0.0912. The molecule has 112 valence electrons. The van der Waals surface area contributed by atoms with E-state index in [2.05, 4.69) is 27.3 Å². The van der Waals surface area contributed by atoms with Crippen LogP contribution in [0.2, 0.25) is 0 Å². The van der Waals surface area contributed by atoms with Gasteiger partial charge in [-0.2, -0.15) is 5.26 Å². The van der Waals surface area contributed by atoms with E-state index < -0.39 is 10.5 Å². The third-order valence-corrected chi connectivity index (χ3v) is 4.24. The van der Waals surface area contributed by atoms with Gasteiger partial charge in [0.05, 0.1) is 11.0 Å². The molecule has 1 fully saturated rings. The SMILES string of the molecule is CNC(C#N)(COc1c(C)cc(Br)cc1[N+](=O)[O-])C1CC1. The van der Waals surface area contributed by atoms with Gasteiger partial charge in [-0.25, -0.2) is 0 Å². The number of hydrogen-bond acceptors (Lipinski definition) is 5. The molecule has 0 bridgehead atoms. The summed E-state index contributed by atoms with van der Waals surface area (Å²) in [4.78, 5) is 10.7. The summed E-state index contributed by atoms with van der Waals surface area (Å²) in [6, 6.07) is 5.43. The lowest BCUT2D eigenvalue weighted by atomic mass is 9.96. The standard InChI is InChI=1S/C14H16BrN3O3/c1-9-5-11(15)6-12(18(19)20)13(9)21-8-14(7-16,17-2)10-3-4-10/h5-6,10,17H,3-4,8H2,1-2H3. The maximum absolute atomic E-state index is 11.2. The van der Waals surface area contributed by atoms with Gasteiger partial charge >= 0.3 is 5.69 Å². The van der Waals surface area contributed by atoms with E-state index in [0.717, 1.165) is 12.8 Å². The molecule has 0 radical (unpaired) electrons.